The Morgan fingerprint density at radius 1 is 1.35 bits per heavy atom. The van der Waals surface area contributed by atoms with Gasteiger partial charge in [0.05, 0.1) is 0 Å². The number of hydrogen-bond donors (Lipinski definition) is 0. The highest BCUT2D eigenvalue weighted by molar-refractivity contribution is 5.83. The largest absolute Gasteiger partial charge is 0.342 e. The first-order chi connectivity index (χ1) is 9.63. The van der Waals surface area contributed by atoms with Crippen LogP contribution in [-0.4, -0.2) is 72.3 Å². The van der Waals surface area contributed by atoms with Crippen molar-refractivity contribution in [3.05, 3.63) is 30.1 Å². The number of likely N-dealkylation sites (N-methyl/N-ethyl adjacent to an activating group) is 1. The molecule has 2 amide bonds. The third-order valence-corrected chi connectivity index (χ3v) is 3.53. The van der Waals surface area contributed by atoms with Gasteiger partial charge in [-0.05, 0) is 25.7 Å². The minimum atomic E-state index is -0.327. The third-order valence-electron chi connectivity index (χ3n) is 3.53. The Kier molecular flexibility index (Phi) is 4.68. The molecular weight excluding hydrogens is 256 g/mol. The summed E-state index contributed by atoms with van der Waals surface area (Å²) in [4.78, 5) is 32.9. The van der Waals surface area contributed by atoms with Crippen LogP contribution < -0.4 is 0 Å². The molecule has 1 unspecified atom stereocenters. The molecule has 20 heavy (non-hydrogen) atoms. The molecule has 1 fully saturated rings. The van der Waals surface area contributed by atoms with Crippen molar-refractivity contribution in [1.29, 1.82) is 0 Å². The standard InChI is InChI=1S/C14H20N4O2/c1-16(2)13(12-4-3-5-15-10-12)14(20)18-8-6-17(11-19)7-9-18/h3-5,10-11,13H,6-9H2,1-2H3. The molecule has 1 aliphatic heterocycles. The Bertz CT molecular complexity index is 456. The number of carbonyl (C=O) groups is 2. The second-order valence-electron chi connectivity index (χ2n) is 5.12. The van der Waals surface area contributed by atoms with Crippen molar-refractivity contribution < 1.29 is 9.59 Å². The van der Waals surface area contributed by atoms with E-state index in [0.717, 1.165) is 12.0 Å². The Balaban J connectivity index is 2.11. The van der Waals surface area contributed by atoms with Crippen molar-refractivity contribution in [2.24, 2.45) is 0 Å². The second kappa shape index (κ2) is 6.47. The lowest BCUT2D eigenvalue weighted by Crippen LogP contribution is -2.51. The van der Waals surface area contributed by atoms with Gasteiger partial charge in [-0.2, -0.15) is 0 Å². The molecule has 0 N–H and O–H groups in total. The number of rotatable bonds is 4. The normalized spacial score (nSPS) is 17.1. The lowest BCUT2D eigenvalue weighted by atomic mass is 10.1. The van der Waals surface area contributed by atoms with Gasteiger partial charge in [0, 0.05) is 38.6 Å². The fraction of sp³-hybridized carbons (Fsp3) is 0.500. The molecule has 0 radical (unpaired) electrons. The quantitative estimate of drug-likeness (QED) is 0.726. The molecule has 1 aromatic heterocycles. The molecule has 0 saturated carbocycles. The van der Waals surface area contributed by atoms with E-state index in [1.807, 2.05) is 36.0 Å². The summed E-state index contributed by atoms with van der Waals surface area (Å²) in [5.41, 5.74) is 0.889. The van der Waals surface area contributed by atoms with Crippen LogP contribution >= 0.6 is 0 Å². The second-order valence-corrected chi connectivity index (χ2v) is 5.12. The molecular formula is C14H20N4O2. The number of amides is 2. The van der Waals surface area contributed by atoms with E-state index in [0.29, 0.717) is 26.2 Å². The molecule has 1 atom stereocenters. The average molecular weight is 276 g/mol. The summed E-state index contributed by atoms with van der Waals surface area (Å²) < 4.78 is 0. The fourth-order valence-electron chi connectivity index (χ4n) is 2.42. The predicted molar refractivity (Wildman–Crippen MR) is 74.9 cm³/mol. The topological polar surface area (TPSA) is 56.8 Å². The maximum Gasteiger partial charge on any atom is 0.244 e. The van der Waals surface area contributed by atoms with Crippen molar-refractivity contribution in [2.45, 2.75) is 6.04 Å². The number of piperazine rings is 1. The van der Waals surface area contributed by atoms with Crippen LogP contribution in [0.4, 0.5) is 0 Å². The first-order valence-corrected chi connectivity index (χ1v) is 6.68. The van der Waals surface area contributed by atoms with Gasteiger partial charge in [-0.1, -0.05) is 6.07 Å². The van der Waals surface area contributed by atoms with Gasteiger partial charge in [0.15, 0.2) is 0 Å². The molecule has 0 aliphatic carbocycles. The monoisotopic (exact) mass is 276 g/mol. The van der Waals surface area contributed by atoms with Crippen LogP contribution in [0.2, 0.25) is 0 Å². The van der Waals surface area contributed by atoms with Gasteiger partial charge in [-0.25, -0.2) is 0 Å². The fourth-order valence-corrected chi connectivity index (χ4v) is 2.42. The van der Waals surface area contributed by atoms with E-state index in [1.165, 1.54) is 0 Å². The van der Waals surface area contributed by atoms with Gasteiger partial charge in [0.2, 0.25) is 12.3 Å². The first kappa shape index (κ1) is 14.5. The van der Waals surface area contributed by atoms with E-state index >= 15 is 0 Å². The molecule has 1 saturated heterocycles. The first-order valence-electron chi connectivity index (χ1n) is 6.68. The van der Waals surface area contributed by atoms with Crippen molar-refractivity contribution in [3.63, 3.8) is 0 Å². The van der Waals surface area contributed by atoms with E-state index in [1.54, 1.807) is 17.3 Å². The summed E-state index contributed by atoms with van der Waals surface area (Å²) in [7, 11) is 3.77. The number of carbonyl (C=O) groups excluding carboxylic acids is 2. The lowest BCUT2D eigenvalue weighted by molar-refractivity contribution is -0.139. The Hall–Kier alpha value is -1.95. The molecule has 2 rings (SSSR count). The van der Waals surface area contributed by atoms with Gasteiger partial charge in [0.1, 0.15) is 6.04 Å². The molecule has 0 bridgehead atoms. The van der Waals surface area contributed by atoms with Gasteiger partial charge < -0.3 is 9.80 Å². The predicted octanol–water partition coefficient (Wildman–Crippen LogP) is -0.0151. The van der Waals surface area contributed by atoms with E-state index in [-0.39, 0.29) is 11.9 Å². The molecule has 108 valence electrons. The lowest BCUT2D eigenvalue weighted by Gasteiger charge is -2.36. The smallest absolute Gasteiger partial charge is 0.244 e. The zero-order chi connectivity index (χ0) is 14.5. The van der Waals surface area contributed by atoms with E-state index in [2.05, 4.69) is 4.98 Å². The van der Waals surface area contributed by atoms with Crippen LogP contribution in [-0.2, 0) is 9.59 Å². The molecule has 2 heterocycles. The van der Waals surface area contributed by atoms with E-state index in [9.17, 15) is 9.59 Å². The van der Waals surface area contributed by atoms with Crippen LogP contribution in [0.15, 0.2) is 24.5 Å². The third kappa shape index (κ3) is 3.14. The van der Waals surface area contributed by atoms with Gasteiger partial charge in [-0.15, -0.1) is 0 Å². The minimum absolute atomic E-state index is 0.0635. The SMILES string of the molecule is CN(C)C(C(=O)N1CCN(C=O)CC1)c1cccnc1. The van der Waals surface area contributed by atoms with Crippen LogP contribution in [0.5, 0.6) is 0 Å². The number of aromatic nitrogens is 1. The molecule has 6 heteroatoms. The van der Waals surface area contributed by atoms with Crippen molar-refractivity contribution >= 4 is 12.3 Å². The minimum Gasteiger partial charge on any atom is -0.342 e. The molecule has 6 nitrogen and oxygen atoms in total. The zero-order valence-electron chi connectivity index (χ0n) is 11.9. The van der Waals surface area contributed by atoms with E-state index < -0.39 is 0 Å². The van der Waals surface area contributed by atoms with E-state index in [4.69, 9.17) is 0 Å². The van der Waals surface area contributed by atoms with Crippen LogP contribution in [0, 0.1) is 0 Å². The number of nitrogens with zero attached hydrogens (tertiary/aromatic N) is 4. The summed E-state index contributed by atoms with van der Waals surface area (Å²) in [6.07, 6.45) is 4.26. The highest BCUT2D eigenvalue weighted by atomic mass is 16.2. The van der Waals surface area contributed by atoms with Crippen molar-refractivity contribution in [1.82, 2.24) is 19.7 Å². The average Bonchev–Trinajstić information content (AvgIpc) is 2.48. The van der Waals surface area contributed by atoms with Gasteiger partial charge in [0.25, 0.3) is 0 Å². The van der Waals surface area contributed by atoms with Crippen LogP contribution in [0.1, 0.15) is 11.6 Å². The maximum atomic E-state index is 12.7. The molecule has 0 aromatic carbocycles. The van der Waals surface area contributed by atoms with Crippen molar-refractivity contribution in [3.8, 4) is 0 Å². The molecule has 1 aromatic rings. The summed E-state index contributed by atoms with van der Waals surface area (Å²) in [5, 5.41) is 0. The Morgan fingerprint density at radius 3 is 2.55 bits per heavy atom. The maximum absolute atomic E-state index is 12.7. The summed E-state index contributed by atoms with van der Waals surface area (Å²) in [5.74, 6) is 0.0635. The number of pyridine rings is 1. The number of hydrogen-bond acceptors (Lipinski definition) is 4. The highest BCUT2D eigenvalue weighted by Crippen LogP contribution is 2.20. The van der Waals surface area contributed by atoms with Gasteiger partial charge >= 0.3 is 0 Å². The van der Waals surface area contributed by atoms with Gasteiger partial charge in [-0.3, -0.25) is 19.5 Å². The van der Waals surface area contributed by atoms with Crippen LogP contribution in [0.25, 0.3) is 0 Å². The van der Waals surface area contributed by atoms with Crippen LogP contribution in [0.3, 0.4) is 0 Å². The Labute approximate surface area is 119 Å². The molecule has 1 aliphatic rings. The zero-order valence-corrected chi connectivity index (χ0v) is 11.9. The summed E-state index contributed by atoms with van der Waals surface area (Å²) in [6, 6.07) is 3.42. The van der Waals surface area contributed by atoms with Crippen molar-refractivity contribution in [2.75, 3.05) is 40.3 Å². The summed E-state index contributed by atoms with van der Waals surface area (Å²) in [6.45, 7) is 2.37. The highest BCUT2D eigenvalue weighted by Gasteiger charge is 2.29. The summed E-state index contributed by atoms with van der Waals surface area (Å²) >= 11 is 0. The molecule has 0 spiro atoms. The Morgan fingerprint density at radius 2 is 2.05 bits per heavy atom.